The number of H-pyrrole nitrogens is 1. The average Bonchev–Trinajstić information content (AvgIpc) is 3.56. The highest BCUT2D eigenvalue weighted by molar-refractivity contribution is 8.00. The fourth-order valence-electron chi connectivity index (χ4n) is 3.48. The normalized spacial score (nSPS) is 11.1. The molecule has 0 aliphatic rings. The molecule has 9 nitrogen and oxygen atoms in total. The Hall–Kier alpha value is -3.92. The summed E-state index contributed by atoms with van der Waals surface area (Å²) in [5.41, 5.74) is 4.47. The number of anilines is 3. The second-order valence-corrected chi connectivity index (χ2v) is 8.23. The van der Waals surface area contributed by atoms with Crippen molar-refractivity contribution in [3.63, 3.8) is 0 Å². The van der Waals surface area contributed by atoms with Gasteiger partial charge in [-0.1, -0.05) is 30.3 Å². The molecule has 0 aliphatic carbocycles. The van der Waals surface area contributed by atoms with Gasteiger partial charge in [0.15, 0.2) is 17.2 Å². The number of nitrogens with zero attached hydrogens (tertiary/aromatic N) is 4. The van der Waals surface area contributed by atoms with Gasteiger partial charge >= 0.3 is 0 Å². The number of aromatic nitrogens is 5. The first-order valence-corrected chi connectivity index (χ1v) is 11.3. The summed E-state index contributed by atoms with van der Waals surface area (Å²) >= 11 is 1.43. The second kappa shape index (κ2) is 8.91. The first kappa shape index (κ1) is 21.0. The van der Waals surface area contributed by atoms with Crippen LogP contribution in [0, 0.1) is 6.92 Å². The van der Waals surface area contributed by atoms with E-state index in [2.05, 4.69) is 37.4 Å². The molecule has 33 heavy (non-hydrogen) atoms. The highest BCUT2D eigenvalue weighted by Gasteiger charge is 2.16. The van der Waals surface area contributed by atoms with Crippen molar-refractivity contribution in [2.45, 2.75) is 25.2 Å². The molecule has 0 aliphatic heterocycles. The minimum Gasteiger partial charge on any atom is -0.495 e. The van der Waals surface area contributed by atoms with Crippen LogP contribution in [-0.4, -0.2) is 32.2 Å². The summed E-state index contributed by atoms with van der Waals surface area (Å²) in [6.45, 7) is 4.10. The molecular formula is C23H23N7O2S. The highest BCUT2D eigenvalue weighted by atomic mass is 32.2. The van der Waals surface area contributed by atoms with Gasteiger partial charge in [0.25, 0.3) is 0 Å². The first-order chi connectivity index (χ1) is 16.2. The van der Waals surface area contributed by atoms with Crippen LogP contribution in [0.25, 0.3) is 16.7 Å². The molecule has 5 rings (SSSR count). The Kier molecular flexibility index (Phi) is 5.66. The number of hydrogen-bond acceptors (Lipinski definition) is 8. The van der Waals surface area contributed by atoms with Crippen molar-refractivity contribution in [3.8, 4) is 11.4 Å². The Morgan fingerprint density at radius 2 is 2.03 bits per heavy atom. The molecule has 0 bridgehead atoms. The van der Waals surface area contributed by atoms with Crippen LogP contribution in [0.4, 0.5) is 17.3 Å². The van der Waals surface area contributed by atoms with Crippen molar-refractivity contribution in [2.24, 2.45) is 0 Å². The zero-order valence-electron chi connectivity index (χ0n) is 18.4. The molecule has 3 N–H and O–H groups in total. The Balaban J connectivity index is 1.37. The third-order valence-corrected chi connectivity index (χ3v) is 6.21. The summed E-state index contributed by atoms with van der Waals surface area (Å²) in [4.78, 5) is 0.991. The van der Waals surface area contributed by atoms with Crippen molar-refractivity contribution in [2.75, 3.05) is 17.1 Å². The average molecular weight is 462 g/mol. The lowest BCUT2D eigenvalue weighted by molar-refractivity contribution is 0.417. The fourth-order valence-corrected chi connectivity index (χ4v) is 4.16. The summed E-state index contributed by atoms with van der Waals surface area (Å²) in [6, 6.07) is 15.7. The largest absolute Gasteiger partial charge is 0.495 e. The molecule has 3 aromatic heterocycles. The van der Waals surface area contributed by atoms with Crippen LogP contribution >= 0.6 is 11.9 Å². The van der Waals surface area contributed by atoms with Gasteiger partial charge in [0.1, 0.15) is 5.75 Å². The molecule has 168 valence electrons. The van der Waals surface area contributed by atoms with Crippen LogP contribution < -0.4 is 14.8 Å². The molecule has 2 aromatic carbocycles. The van der Waals surface area contributed by atoms with E-state index in [9.17, 15) is 0 Å². The van der Waals surface area contributed by atoms with Crippen LogP contribution in [0.5, 0.6) is 5.75 Å². The summed E-state index contributed by atoms with van der Waals surface area (Å²) in [5.74, 6) is 1.98. The lowest BCUT2D eigenvalue weighted by atomic mass is 10.2. The summed E-state index contributed by atoms with van der Waals surface area (Å²) in [7, 11) is 1.63. The van der Waals surface area contributed by atoms with Crippen LogP contribution in [0.3, 0.4) is 0 Å². The van der Waals surface area contributed by atoms with E-state index in [1.54, 1.807) is 7.11 Å². The van der Waals surface area contributed by atoms with Gasteiger partial charge in [-0.15, -0.1) is 0 Å². The van der Waals surface area contributed by atoms with Gasteiger partial charge in [0, 0.05) is 17.8 Å². The van der Waals surface area contributed by atoms with Gasteiger partial charge in [-0.25, -0.2) is 4.68 Å². The zero-order chi connectivity index (χ0) is 22.8. The van der Waals surface area contributed by atoms with E-state index < -0.39 is 0 Å². The predicted octanol–water partition coefficient (Wildman–Crippen LogP) is 5.48. The maximum Gasteiger partial charge on any atom is 0.187 e. The molecule has 0 fully saturated rings. The molecule has 0 spiro atoms. The molecule has 0 saturated heterocycles. The molecule has 0 amide bonds. The number of nitrogens with one attached hydrogen (secondary N) is 3. The van der Waals surface area contributed by atoms with E-state index in [1.165, 1.54) is 11.9 Å². The van der Waals surface area contributed by atoms with Gasteiger partial charge < -0.3 is 19.3 Å². The van der Waals surface area contributed by atoms with Gasteiger partial charge in [-0.3, -0.25) is 5.10 Å². The second-order valence-electron chi connectivity index (χ2n) is 7.38. The molecule has 0 saturated carbocycles. The van der Waals surface area contributed by atoms with Crippen LogP contribution in [0.15, 0.2) is 64.1 Å². The summed E-state index contributed by atoms with van der Waals surface area (Å²) in [5, 5.41) is 20.1. The first-order valence-electron chi connectivity index (χ1n) is 10.5. The Morgan fingerprint density at radius 1 is 1.18 bits per heavy atom. The lowest BCUT2D eigenvalue weighted by Crippen LogP contribution is -1.98. The summed E-state index contributed by atoms with van der Waals surface area (Å²) < 4.78 is 16.4. The lowest BCUT2D eigenvalue weighted by Gasteiger charge is -2.09. The Morgan fingerprint density at radius 3 is 2.79 bits per heavy atom. The molecule has 0 unspecified atom stereocenters. The van der Waals surface area contributed by atoms with Crippen molar-refractivity contribution in [1.82, 2.24) is 25.1 Å². The van der Waals surface area contributed by atoms with E-state index in [0.717, 1.165) is 39.5 Å². The smallest absolute Gasteiger partial charge is 0.187 e. The Bertz CT molecular complexity index is 1390. The number of rotatable bonds is 8. The summed E-state index contributed by atoms with van der Waals surface area (Å²) in [6.07, 6.45) is 2.71. The number of para-hydroxylation sites is 1. The number of aryl methyl sites for hydroxylation is 1. The third kappa shape index (κ3) is 4.12. The molecular weight excluding hydrogens is 438 g/mol. The van der Waals surface area contributed by atoms with Crippen LogP contribution in [0.2, 0.25) is 0 Å². The van der Waals surface area contributed by atoms with E-state index in [0.29, 0.717) is 23.0 Å². The number of hydrogen-bond donors (Lipinski definition) is 3. The topological polar surface area (TPSA) is 106 Å². The number of methoxy groups -OCH3 is 1. The number of ether oxygens (including phenoxy) is 1. The monoisotopic (exact) mass is 461 g/mol. The van der Waals surface area contributed by atoms with Crippen molar-refractivity contribution in [3.05, 3.63) is 66.1 Å². The molecule has 0 radical (unpaired) electrons. The number of aromatic amines is 1. The number of fused-ring (bicyclic) bond motifs is 1. The van der Waals surface area contributed by atoms with E-state index in [1.807, 2.05) is 66.3 Å². The molecule has 0 atom stereocenters. The van der Waals surface area contributed by atoms with Gasteiger partial charge in [-0.2, -0.15) is 10.2 Å². The molecule has 10 heteroatoms. The van der Waals surface area contributed by atoms with Crippen molar-refractivity contribution >= 4 is 40.2 Å². The minimum absolute atomic E-state index is 0.611. The van der Waals surface area contributed by atoms with Crippen LogP contribution in [0.1, 0.15) is 18.3 Å². The van der Waals surface area contributed by atoms with Gasteiger partial charge in [0.05, 0.1) is 40.7 Å². The maximum absolute atomic E-state index is 5.60. The predicted molar refractivity (Wildman–Crippen MR) is 130 cm³/mol. The molecule has 3 heterocycles. The van der Waals surface area contributed by atoms with Crippen molar-refractivity contribution in [1.29, 1.82) is 0 Å². The maximum atomic E-state index is 5.60. The molecule has 5 aromatic rings. The fraction of sp³-hybridized carbons (Fsp3) is 0.174. The van der Waals surface area contributed by atoms with E-state index >= 15 is 0 Å². The number of benzene rings is 2. The van der Waals surface area contributed by atoms with Crippen molar-refractivity contribution < 1.29 is 9.26 Å². The highest BCUT2D eigenvalue weighted by Crippen LogP contribution is 2.37. The van der Waals surface area contributed by atoms with Crippen LogP contribution in [-0.2, 0) is 6.42 Å². The minimum atomic E-state index is 0.611. The third-order valence-electron chi connectivity index (χ3n) is 5.29. The van der Waals surface area contributed by atoms with Gasteiger partial charge in [0.2, 0.25) is 0 Å². The quantitative estimate of drug-likeness (QED) is 0.261. The zero-order valence-corrected chi connectivity index (χ0v) is 19.2. The Labute approximate surface area is 194 Å². The van der Waals surface area contributed by atoms with Gasteiger partial charge in [-0.05, 0) is 43.5 Å². The standard InChI is InChI=1S/C23H23N7O2S/c1-4-15-10-22(27-26-15)25-18-12-19-17(11-20(18)31-3)23(28-32-19)29-33-21-13-24-30(14(21)2)16-8-6-5-7-9-16/h5-13H,4H2,1-3H3,(H,28,29)(H2,25,26,27). The van der Waals surface area contributed by atoms with E-state index in [4.69, 9.17) is 9.26 Å². The SMILES string of the molecule is CCc1cc(Nc2cc3onc(NSc4cnn(-c5ccccc5)c4C)c3cc2OC)n[nH]1. The van der Waals surface area contributed by atoms with E-state index in [-0.39, 0.29) is 0 Å².